The molecular formula is C17H18N2O5S. The minimum atomic E-state index is -3.72. The lowest BCUT2D eigenvalue weighted by Gasteiger charge is -2.09. The van der Waals surface area contributed by atoms with E-state index in [2.05, 4.69) is 10.0 Å². The van der Waals surface area contributed by atoms with Gasteiger partial charge in [-0.1, -0.05) is 19.1 Å². The number of amides is 1. The summed E-state index contributed by atoms with van der Waals surface area (Å²) in [5.41, 5.74) is 1.57. The third-order valence-electron chi connectivity index (χ3n) is 3.44. The predicted octanol–water partition coefficient (Wildman–Crippen LogP) is 1.86. The summed E-state index contributed by atoms with van der Waals surface area (Å²) in [6.07, 6.45) is 0.819. The zero-order valence-corrected chi connectivity index (χ0v) is 14.3. The summed E-state index contributed by atoms with van der Waals surface area (Å²) in [5.74, 6) is -1.70. The lowest BCUT2D eigenvalue weighted by atomic mass is 10.2. The summed E-state index contributed by atoms with van der Waals surface area (Å²) in [4.78, 5) is 22.3. The number of nitrogens with one attached hydrogen (secondary N) is 2. The molecule has 8 heteroatoms. The van der Waals surface area contributed by atoms with Crippen molar-refractivity contribution in [3.63, 3.8) is 0 Å². The molecule has 0 atom stereocenters. The fourth-order valence-electron chi connectivity index (χ4n) is 2.07. The first-order chi connectivity index (χ1) is 11.8. The van der Waals surface area contributed by atoms with Crippen LogP contribution in [0.3, 0.4) is 0 Å². The highest BCUT2D eigenvalue weighted by Crippen LogP contribution is 2.17. The standard InChI is InChI=1S/C17H18N2O5S/c1-2-12-3-9-15(10-4-12)25(23,24)19-14-7-5-13(6-8-14)17(22)18-11-16(20)21/h3-10,19H,2,11H2,1H3,(H,18,22)(H,20,21). The average Bonchev–Trinajstić information content (AvgIpc) is 2.60. The lowest BCUT2D eigenvalue weighted by Crippen LogP contribution is -2.29. The molecule has 0 aliphatic rings. The number of carboxylic acids is 1. The SMILES string of the molecule is CCc1ccc(S(=O)(=O)Nc2ccc(C(=O)NCC(=O)O)cc2)cc1. The Labute approximate surface area is 145 Å². The Morgan fingerprint density at radius 2 is 1.60 bits per heavy atom. The van der Waals surface area contributed by atoms with Crippen LogP contribution >= 0.6 is 0 Å². The van der Waals surface area contributed by atoms with E-state index in [9.17, 15) is 18.0 Å². The predicted molar refractivity (Wildman–Crippen MR) is 93.0 cm³/mol. The lowest BCUT2D eigenvalue weighted by molar-refractivity contribution is -0.135. The first kappa shape index (κ1) is 18.5. The summed E-state index contributed by atoms with van der Waals surface area (Å²) in [5, 5.41) is 10.8. The van der Waals surface area contributed by atoms with E-state index in [1.807, 2.05) is 6.92 Å². The van der Waals surface area contributed by atoms with Crippen molar-refractivity contribution in [3.8, 4) is 0 Å². The summed E-state index contributed by atoms with van der Waals surface area (Å²) in [6.45, 7) is 1.50. The van der Waals surface area contributed by atoms with Crippen molar-refractivity contribution in [2.45, 2.75) is 18.2 Å². The largest absolute Gasteiger partial charge is 0.480 e. The second-order valence-corrected chi connectivity index (χ2v) is 6.94. The normalized spacial score (nSPS) is 10.9. The molecule has 3 N–H and O–H groups in total. The highest BCUT2D eigenvalue weighted by atomic mass is 32.2. The molecule has 0 aliphatic heterocycles. The van der Waals surface area contributed by atoms with Crippen LogP contribution in [0.25, 0.3) is 0 Å². The number of benzene rings is 2. The fourth-order valence-corrected chi connectivity index (χ4v) is 3.12. The molecule has 0 spiro atoms. The number of aliphatic carboxylic acids is 1. The number of carbonyl (C=O) groups excluding carboxylic acids is 1. The molecular weight excluding hydrogens is 344 g/mol. The van der Waals surface area contributed by atoms with Crippen molar-refractivity contribution in [3.05, 3.63) is 59.7 Å². The molecule has 7 nitrogen and oxygen atoms in total. The third-order valence-corrected chi connectivity index (χ3v) is 4.84. The molecule has 0 unspecified atom stereocenters. The Bertz CT molecular complexity index is 859. The zero-order valence-electron chi connectivity index (χ0n) is 13.5. The van der Waals surface area contributed by atoms with Gasteiger partial charge in [-0.15, -0.1) is 0 Å². The van der Waals surface area contributed by atoms with Gasteiger partial charge in [0.1, 0.15) is 6.54 Å². The molecule has 0 saturated heterocycles. The first-order valence-corrected chi connectivity index (χ1v) is 9.02. The number of carbonyl (C=O) groups is 2. The Balaban J connectivity index is 2.09. The van der Waals surface area contributed by atoms with E-state index >= 15 is 0 Å². The highest BCUT2D eigenvalue weighted by Gasteiger charge is 2.14. The number of sulfonamides is 1. The molecule has 0 fully saturated rings. The van der Waals surface area contributed by atoms with Crippen molar-refractivity contribution in [2.24, 2.45) is 0 Å². The summed E-state index contributed by atoms with van der Waals surface area (Å²) >= 11 is 0. The van der Waals surface area contributed by atoms with Crippen LogP contribution in [0.1, 0.15) is 22.8 Å². The van der Waals surface area contributed by atoms with Crippen LogP contribution in [0.5, 0.6) is 0 Å². The van der Waals surface area contributed by atoms with Crippen LogP contribution in [0.2, 0.25) is 0 Å². The maximum Gasteiger partial charge on any atom is 0.322 e. The van der Waals surface area contributed by atoms with Gasteiger partial charge in [-0.25, -0.2) is 8.42 Å². The van der Waals surface area contributed by atoms with Crippen LogP contribution < -0.4 is 10.0 Å². The summed E-state index contributed by atoms with van der Waals surface area (Å²) in [6, 6.07) is 12.3. The van der Waals surface area contributed by atoms with Crippen molar-refractivity contribution >= 4 is 27.6 Å². The first-order valence-electron chi connectivity index (χ1n) is 7.53. The van der Waals surface area contributed by atoms with E-state index in [0.29, 0.717) is 5.69 Å². The van der Waals surface area contributed by atoms with Crippen LogP contribution in [0, 0.1) is 0 Å². The topological polar surface area (TPSA) is 113 Å². The second-order valence-electron chi connectivity index (χ2n) is 5.26. The van der Waals surface area contributed by atoms with Crippen LogP contribution in [0.4, 0.5) is 5.69 Å². The molecule has 0 aromatic heterocycles. The number of rotatable bonds is 7. The number of hydrogen-bond donors (Lipinski definition) is 3. The highest BCUT2D eigenvalue weighted by molar-refractivity contribution is 7.92. The number of aryl methyl sites for hydroxylation is 1. The van der Waals surface area contributed by atoms with Crippen LogP contribution in [-0.4, -0.2) is 31.9 Å². The van der Waals surface area contributed by atoms with E-state index in [1.54, 1.807) is 12.1 Å². The molecule has 132 valence electrons. The van der Waals surface area contributed by atoms with Crippen molar-refractivity contribution < 1.29 is 23.1 Å². The maximum atomic E-state index is 12.3. The molecule has 0 saturated carbocycles. The number of anilines is 1. The van der Waals surface area contributed by atoms with Gasteiger partial charge in [0.05, 0.1) is 4.90 Å². The van der Waals surface area contributed by atoms with Gasteiger partial charge in [-0.3, -0.25) is 14.3 Å². The molecule has 0 bridgehead atoms. The van der Waals surface area contributed by atoms with E-state index in [-0.39, 0.29) is 10.5 Å². The van der Waals surface area contributed by atoms with Gasteiger partial charge in [0, 0.05) is 11.3 Å². The number of carboxylic acid groups (broad SMARTS) is 1. The molecule has 2 aromatic rings. The monoisotopic (exact) mass is 362 g/mol. The van der Waals surface area contributed by atoms with Crippen molar-refractivity contribution in [2.75, 3.05) is 11.3 Å². The van der Waals surface area contributed by atoms with Crippen molar-refractivity contribution in [1.82, 2.24) is 5.32 Å². The van der Waals surface area contributed by atoms with Crippen molar-refractivity contribution in [1.29, 1.82) is 0 Å². The third kappa shape index (κ3) is 5.05. The van der Waals surface area contributed by atoms with Gasteiger partial charge in [0.15, 0.2) is 0 Å². The molecule has 2 rings (SSSR count). The Kier molecular flexibility index (Phi) is 5.76. The van der Waals surface area contributed by atoms with Gasteiger partial charge < -0.3 is 10.4 Å². The minimum Gasteiger partial charge on any atom is -0.480 e. The Morgan fingerprint density at radius 3 is 2.12 bits per heavy atom. The Morgan fingerprint density at radius 1 is 1.00 bits per heavy atom. The maximum absolute atomic E-state index is 12.3. The second kappa shape index (κ2) is 7.80. The summed E-state index contributed by atoms with van der Waals surface area (Å²) in [7, 11) is -3.72. The van der Waals surface area contributed by atoms with Crippen LogP contribution in [-0.2, 0) is 21.2 Å². The van der Waals surface area contributed by atoms with Gasteiger partial charge in [0.25, 0.3) is 15.9 Å². The molecule has 2 aromatic carbocycles. The molecule has 1 amide bonds. The van der Waals surface area contributed by atoms with Gasteiger partial charge in [-0.2, -0.15) is 0 Å². The van der Waals surface area contributed by atoms with E-state index < -0.39 is 28.4 Å². The quantitative estimate of drug-likeness (QED) is 0.696. The van der Waals surface area contributed by atoms with E-state index in [4.69, 9.17) is 5.11 Å². The Hall–Kier alpha value is -2.87. The smallest absolute Gasteiger partial charge is 0.322 e. The molecule has 0 radical (unpaired) electrons. The van der Waals surface area contributed by atoms with Crippen LogP contribution in [0.15, 0.2) is 53.4 Å². The fraction of sp³-hybridized carbons (Fsp3) is 0.176. The van der Waals surface area contributed by atoms with Gasteiger partial charge in [-0.05, 0) is 48.4 Å². The molecule has 0 heterocycles. The average molecular weight is 362 g/mol. The van der Waals surface area contributed by atoms with Gasteiger partial charge in [0.2, 0.25) is 0 Å². The number of hydrogen-bond acceptors (Lipinski definition) is 4. The molecule has 0 aliphatic carbocycles. The van der Waals surface area contributed by atoms with E-state index in [0.717, 1.165) is 12.0 Å². The molecule has 25 heavy (non-hydrogen) atoms. The summed E-state index contributed by atoms with van der Waals surface area (Å²) < 4.78 is 27.1. The van der Waals surface area contributed by atoms with Gasteiger partial charge >= 0.3 is 5.97 Å². The minimum absolute atomic E-state index is 0.146. The van der Waals surface area contributed by atoms with E-state index in [1.165, 1.54) is 36.4 Å². The zero-order chi connectivity index (χ0) is 18.4.